The number of nitrogens with one attached hydrogen (secondary N) is 1. The van der Waals surface area contributed by atoms with Crippen LogP contribution in [0.25, 0.3) is 0 Å². The van der Waals surface area contributed by atoms with Crippen LogP contribution >= 0.6 is 0 Å². The molecule has 1 N–H and O–H groups in total. The van der Waals surface area contributed by atoms with Crippen molar-refractivity contribution in [3.8, 4) is 0 Å². The van der Waals surface area contributed by atoms with Crippen LogP contribution in [0.5, 0.6) is 0 Å². The predicted octanol–water partition coefficient (Wildman–Crippen LogP) is 1.16. The molecule has 72 valence electrons. The maximum atomic E-state index is 10.5. The van der Waals surface area contributed by atoms with Gasteiger partial charge in [-0.25, -0.2) is 4.79 Å². The summed E-state index contributed by atoms with van der Waals surface area (Å²) in [6, 6.07) is 0. The van der Waals surface area contributed by atoms with Crippen molar-refractivity contribution in [1.82, 2.24) is 5.32 Å². The van der Waals surface area contributed by atoms with Gasteiger partial charge in [-0.15, -0.1) is 0 Å². The largest absolute Gasteiger partial charge is 0.453 e. The zero-order valence-corrected chi connectivity index (χ0v) is 8.14. The Morgan fingerprint density at radius 3 is 2.42 bits per heavy atom. The second-order valence-electron chi connectivity index (χ2n) is 3.38. The highest BCUT2D eigenvalue weighted by atomic mass is 16.5. The van der Waals surface area contributed by atoms with Crippen LogP contribution in [0, 0.1) is 0 Å². The van der Waals surface area contributed by atoms with E-state index >= 15 is 0 Å². The van der Waals surface area contributed by atoms with Gasteiger partial charge >= 0.3 is 6.09 Å². The van der Waals surface area contributed by atoms with Crippen LogP contribution in [0.4, 0.5) is 4.79 Å². The Bertz CT molecular complexity index is 140. The molecule has 0 spiro atoms. The van der Waals surface area contributed by atoms with Gasteiger partial charge in [-0.1, -0.05) is 0 Å². The summed E-state index contributed by atoms with van der Waals surface area (Å²) >= 11 is 0. The molecule has 0 aliphatic carbocycles. The second kappa shape index (κ2) is 4.98. The van der Waals surface area contributed by atoms with Crippen molar-refractivity contribution in [2.75, 3.05) is 20.3 Å². The number of carbonyl (C=O) groups excluding carboxylic acids is 1. The highest BCUT2D eigenvalue weighted by Gasteiger charge is 2.09. The summed E-state index contributed by atoms with van der Waals surface area (Å²) < 4.78 is 9.73. The van der Waals surface area contributed by atoms with E-state index in [4.69, 9.17) is 4.74 Å². The normalized spacial score (nSPS) is 11.0. The second-order valence-corrected chi connectivity index (χ2v) is 3.38. The third-order valence-corrected chi connectivity index (χ3v) is 1.09. The molecule has 0 aromatic rings. The molecule has 0 aliphatic heterocycles. The molecule has 0 saturated heterocycles. The fourth-order valence-electron chi connectivity index (χ4n) is 0.582. The zero-order chi connectivity index (χ0) is 9.61. The predicted molar refractivity (Wildman–Crippen MR) is 46.1 cm³/mol. The molecule has 0 unspecified atom stereocenters. The Balaban J connectivity index is 3.28. The van der Waals surface area contributed by atoms with Gasteiger partial charge in [-0.05, 0) is 20.8 Å². The first kappa shape index (κ1) is 11.2. The molecule has 4 heteroatoms. The molecule has 0 aromatic carbocycles. The number of rotatable bonds is 3. The SMILES string of the molecule is COC(=O)NCCOC(C)(C)C. The first-order valence-electron chi connectivity index (χ1n) is 3.91. The summed E-state index contributed by atoms with van der Waals surface area (Å²) in [5, 5.41) is 2.52. The smallest absolute Gasteiger partial charge is 0.406 e. The van der Waals surface area contributed by atoms with Gasteiger partial charge in [0.2, 0.25) is 0 Å². The number of carbonyl (C=O) groups is 1. The van der Waals surface area contributed by atoms with Crippen LogP contribution in [0.2, 0.25) is 0 Å². The van der Waals surface area contributed by atoms with E-state index < -0.39 is 6.09 Å². The highest BCUT2D eigenvalue weighted by molar-refractivity contribution is 5.66. The first-order valence-corrected chi connectivity index (χ1v) is 3.91. The van der Waals surface area contributed by atoms with E-state index in [-0.39, 0.29) is 5.60 Å². The molecule has 0 heterocycles. The summed E-state index contributed by atoms with van der Waals surface area (Å²) in [6.07, 6.45) is -0.424. The van der Waals surface area contributed by atoms with Crippen LogP contribution in [0.15, 0.2) is 0 Å². The van der Waals surface area contributed by atoms with Gasteiger partial charge in [0.05, 0.1) is 19.3 Å². The van der Waals surface area contributed by atoms with Crippen molar-refractivity contribution in [3.05, 3.63) is 0 Å². The Morgan fingerprint density at radius 2 is 2.00 bits per heavy atom. The Morgan fingerprint density at radius 1 is 1.42 bits per heavy atom. The van der Waals surface area contributed by atoms with Crippen molar-refractivity contribution in [2.45, 2.75) is 26.4 Å². The van der Waals surface area contributed by atoms with E-state index in [2.05, 4.69) is 10.1 Å². The van der Waals surface area contributed by atoms with Crippen molar-refractivity contribution < 1.29 is 14.3 Å². The average molecular weight is 175 g/mol. The maximum Gasteiger partial charge on any atom is 0.406 e. The highest BCUT2D eigenvalue weighted by Crippen LogP contribution is 2.04. The average Bonchev–Trinajstić information content (AvgIpc) is 1.96. The van der Waals surface area contributed by atoms with Crippen LogP contribution in [0.3, 0.4) is 0 Å². The summed E-state index contributed by atoms with van der Waals surface area (Å²) in [4.78, 5) is 10.5. The van der Waals surface area contributed by atoms with E-state index in [9.17, 15) is 4.79 Å². The summed E-state index contributed by atoms with van der Waals surface area (Å²) in [5.41, 5.74) is -0.155. The number of hydrogen-bond acceptors (Lipinski definition) is 3. The Hall–Kier alpha value is -0.770. The summed E-state index contributed by atoms with van der Waals surface area (Å²) in [5.74, 6) is 0. The van der Waals surface area contributed by atoms with Gasteiger partial charge in [-0.3, -0.25) is 0 Å². The molecular formula is C8H17NO3. The number of hydrogen-bond donors (Lipinski definition) is 1. The lowest BCUT2D eigenvalue weighted by Crippen LogP contribution is -2.30. The molecule has 4 nitrogen and oxygen atoms in total. The van der Waals surface area contributed by atoms with Gasteiger partial charge in [0, 0.05) is 6.54 Å². The lowest BCUT2D eigenvalue weighted by atomic mass is 10.2. The molecule has 0 rings (SSSR count). The third-order valence-electron chi connectivity index (χ3n) is 1.09. The van der Waals surface area contributed by atoms with Gasteiger partial charge in [0.1, 0.15) is 0 Å². The number of amides is 1. The fourth-order valence-corrected chi connectivity index (χ4v) is 0.582. The minimum absolute atomic E-state index is 0.155. The third kappa shape index (κ3) is 7.34. The Kier molecular flexibility index (Phi) is 4.66. The standard InChI is InChI=1S/C8H17NO3/c1-8(2,3)12-6-5-9-7(10)11-4/h5-6H2,1-4H3,(H,9,10). The van der Waals surface area contributed by atoms with Crippen LogP contribution in [-0.4, -0.2) is 32.0 Å². The quantitative estimate of drug-likeness (QED) is 0.655. The monoisotopic (exact) mass is 175 g/mol. The van der Waals surface area contributed by atoms with E-state index in [1.807, 2.05) is 20.8 Å². The molecule has 0 aromatic heterocycles. The minimum Gasteiger partial charge on any atom is -0.453 e. The number of alkyl carbamates (subject to hydrolysis) is 1. The zero-order valence-electron chi connectivity index (χ0n) is 8.14. The molecule has 1 amide bonds. The lowest BCUT2D eigenvalue weighted by molar-refractivity contribution is -0.000736. The van der Waals surface area contributed by atoms with Crippen molar-refractivity contribution in [3.63, 3.8) is 0 Å². The molecule has 12 heavy (non-hydrogen) atoms. The number of ether oxygens (including phenoxy) is 2. The topological polar surface area (TPSA) is 47.6 Å². The first-order chi connectivity index (χ1) is 5.45. The van der Waals surface area contributed by atoms with E-state index in [1.54, 1.807) is 0 Å². The van der Waals surface area contributed by atoms with Crippen LogP contribution in [0.1, 0.15) is 20.8 Å². The van der Waals surface area contributed by atoms with E-state index in [1.165, 1.54) is 7.11 Å². The molecule has 0 atom stereocenters. The van der Waals surface area contributed by atoms with Crippen LogP contribution < -0.4 is 5.32 Å². The molecular weight excluding hydrogens is 158 g/mol. The van der Waals surface area contributed by atoms with Crippen LogP contribution in [-0.2, 0) is 9.47 Å². The maximum absolute atomic E-state index is 10.5. The molecule has 0 fully saturated rings. The number of methoxy groups -OCH3 is 1. The van der Waals surface area contributed by atoms with Crippen molar-refractivity contribution in [2.24, 2.45) is 0 Å². The van der Waals surface area contributed by atoms with E-state index in [0.717, 1.165) is 0 Å². The van der Waals surface area contributed by atoms with Crippen molar-refractivity contribution in [1.29, 1.82) is 0 Å². The summed E-state index contributed by atoms with van der Waals surface area (Å²) in [7, 11) is 1.33. The molecule has 0 saturated carbocycles. The minimum atomic E-state index is -0.424. The molecule has 0 bridgehead atoms. The van der Waals surface area contributed by atoms with Gasteiger partial charge in [0.15, 0.2) is 0 Å². The van der Waals surface area contributed by atoms with E-state index in [0.29, 0.717) is 13.2 Å². The molecule has 0 aliphatic rings. The van der Waals surface area contributed by atoms with Gasteiger partial charge in [-0.2, -0.15) is 0 Å². The van der Waals surface area contributed by atoms with Gasteiger partial charge < -0.3 is 14.8 Å². The van der Waals surface area contributed by atoms with Gasteiger partial charge in [0.25, 0.3) is 0 Å². The summed E-state index contributed by atoms with van der Waals surface area (Å²) in [6.45, 7) is 6.87. The molecule has 0 radical (unpaired) electrons. The fraction of sp³-hybridized carbons (Fsp3) is 0.875. The lowest BCUT2D eigenvalue weighted by Gasteiger charge is -2.19. The van der Waals surface area contributed by atoms with Crippen molar-refractivity contribution >= 4 is 6.09 Å². The Labute approximate surface area is 73.2 Å².